The average Bonchev–Trinajstić information content (AvgIpc) is 2.72. The van der Waals surface area contributed by atoms with Crippen molar-refractivity contribution in [2.45, 2.75) is 19.8 Å². The van der Waals surface area contributed by atoms with Crippen LogP contribution >= 0.6 is 11.9 Å². The molecular formula is C22H26FN5S. The summed E-state index contributed by atoms with van der Waals surface area (Å²) in [7, 11) is 0. The van der Waals surface area contributed by atoms with Crippen molar-refractivity contribution in [1.82, 2.24) is 4.31 Å². The third-order valence-corrected chi connectivity index (χ3v) is 6.50. The van der Waals surface area contributed by atoms with Crippen LogP contribution in [0.4, 0.5) is 10.1 Å². The van der Waals surface area contributed by atoms with Gasteiger partial charge in [0.2, 0.25) is 0 Å². The van der Waals surface area contributed by atoms with Crippen LogP contribution in [0.25, 0.3) is 0 Å². The molecule has 2 aliphatic rings. The summed E-state index contributed by atoms with van der Waals surface area (Å²) in [5.74, 6) is -0.285. The fourth-order valence-corrected chi connectivity index (χ4v) is 4.62. The summed E-state index contributed by atoms with van der Waals surface area (Å²) in [6, 6.07) is 6.12. The van der Waals surface area contributed by atoms with Crippen molar-refractivity contribution in [2.75, 3.05) is 13.1 Å². The van der Waals surface area contributed by atoms with Gasteiger partial charge in [0.25, 0.3) is 0 Å². The maximum atomic E-state index is 13.2. The van der Waals surface area contributed by atoms with Gasteiger partial charge in [-0.15, -0.1) is 6.58 Å². The van der Waals surface area contributed by atoms with Crippen LogP contribution < -0.4 is 11.5 Å². The third kappa shape index (κ3) is 4.52. The second-order valence-corrected chi connectivity index (χ2v) is 8.41. The number of hydrogen-bond acceptors (Lipinski definition) is 6. The van der Waals surface area contributed by atoms with E-state index in [0.717, 1.165) is 35.7 Å². The molecule has 0 saturated carbocycles. The minimum absolute atomic E-state index is 0.242. The summed E-state index contributed by atoms with van der Waals surface area (Å²) in [6.45, 7) is 7.50. The Hall–Kier alpha value is -2.64. The SMILES string of the molecule is C=CC12CC(=CN)C(=Nc3ccc(F)cc3)C=C1CCN(S/C(C=N)=C(\C)N)C2. The van der Waals surface area contributed by atoms with Gasteiger partial charge in [-0.2, -0.15) is 0 Å². The van der Waals surface area contributed by atoms with E-state index in [0.29, 0.717) is 17.8 Å². The van der Waals surface area contributed by atoms with Gasteiger partial charge < -0.3 is 16.9 Å². The molecule has 5 nitrogen and oxygen atoms in total. The molecule has 1 aromatic carbocycles. The lowest BCUT2D eigenvalue weighted by molar-refractivity contribution is 0.279. The number of nitrogens with zero attached hydrogens (tertiary/aromatic N) is 2. The molecule has 0 spiro atoms. The number of nitrogens with one attached hydrogen (secondary N) is 1. The van der Waals surface area contributed by atoms with Crippen molar-refractivity contribution in [1.29, 1.82) is 5.41 Å². The number of hydrogen-bond donors (Lipinski definition) is 3. The number of rotatable bonds is 5. The lowest BCUT2D eigenvalue weighted by Crippen LogP contribution is -2.43. The van der Waals surface area contributed by atoms with Crippen molar-refractivity contribution in [3.63, 3.8) is 0 Å². The highest BCUT2D eigenvalue weighted by Gasteiger charge is 2.41. The number of benzene rings is 1. The molecule has 0 radical (unpaired) electrons. The quantitative estimate of drug-likeness (QED) is 0.379. The Morgan fingerprint density at radius 1 is 1.38 bits per heavy atom. The van der Waals surface area contributed by atoms with Gasteiger partial charge in [0.15, 0.2) is 0 Å². The second-order valence-electron chi connectivity index (χ2n) is 7.27. The number of allylic oxidation sites excluding steroid dienone is 4. The Balaban J connectivity index is 1.92. The zero-order chi connectivity index (χ0) is 21.0. The van der Waals surface area contributed by atoms with E-state index in [1.54, 1.807) is 25.3 Å². The molecule has 0 amide bonds. The number of fused-ring (bicyclic) bond motifs is 1. The molecule has 1 aliphatic carbocycles. The van der Waals surface area contributed by atoms with Crippen LogP contribution in [0.5, 0.6) is 0 Å². The highest BCUT2D eigenvalue weighted by molar-refractivity contribution is 8.01. The highest BCUT2D eigenvalue weighted by Crippen LogP contribution is 2.47. The van der Waals surface area contributed by atoms with Crippen LogP contribution in [0.2, 0.25) is 0 Å². The van der Waals surface area contributed by atoms with Gasteiger partial charge in [-0.05, 0) is 73.8 Å². The largest absolute Gasteiger partial charge is 0.404 e. The van der Waals surface area contributed by atoms with E-state index in [1.165, 1.54) is 35.9 Å². The number of nitrogens with two attached hydrogens (primary N) is 2. The van der Waals surface area contributed by atoms with E-state index < -0.39 is 0 Å². The van der Waals surface area contributed by atoms with Crippen LogP contribution in [-0.2, 0) is 0 Å². The second kappa shape index (κ2) is 8.80. The van der Waals surface area contributed by atoms with Crippen molar-refractivity contribution in [3.05, 3.63) is 76.8 Å². The van der Waals surface area contributed by atoms with Gasteiger partial charge >= 0.3 is 0 Å². The Kier molecular flexibility index (Phi) is 6.39. The van der Waals surface area contributed by atoms with Gasteiger partial charge in [0, 0.05) is 30.4 Å². The molecule has 5 N–H and O–H groups in total. The molecule has 1 atom stereocenters. The minimum atomic E-state index is -0.285. The van der Waals surface area contributed by atoms with Crippen molar-refractivity contribution in [3.8, 4) is 0 Å². The molecule has 1 fully saturated rings. The van der Waals surface area contributed by atoms with Crippen molar-refractivity contribution >= 4 is 29.6 Å². The van der Waals surface area contributed by atoms with E-state index in [4.69, 9.17) is 21.9 Å². The maximum Gasteiger partial charge on any atom is 0.123 e. The van der Waals surface area contributed by atoms with E-state index >= 15 is 0 Å². The highest BCUT2D eigenvalue weighted by atomic mass is 32.2. The Bertz CT molecular complexity index is 925. The third-order valence-electron chi connectivity index (χ3n) is 5.29. The monoisotopic (exact) mass is 411 g/mol. The average molecular weight is 412 g/mol. The Labute approximate surface area is 175 Å². The fourth-order valence-electron chi connectivity index (χ4n) is 3.66. The first kappa shape index (κ1) is 21.1. The minimum Gasteiger partial charge on any atom is -0.404 e. The van der Waals surface area contributed by atoms with Gasteiger partial charge in [0.1, 0.15) is 5.82 Å². The normalized spacial score (nSPS) is 25.9. The molecule has 1 heterocycles. The molecule has 1 unspecified atom stereocenters. The molecule has 29 heavy (non-hydrogen) atoms. The van der Waals surface area contributed by atoms with Crippen LogP contribution in [0.15, 0.2) is 75.9 Å². The maximum absolute atomic E-state index is 13.2. The molecule has 1 aliphatic heterocycles. The topological polar surface area (TPSA) is 91.5 Å². The van der Waals surface area contributed by atoms with Crippen LogP contribution in [0, 0.1) is 16.6 Å². The standard InChI is InChI=1S/C22H26FN5S/c1-3-22-11-16(12-24)20(27-19-6-4-18(23)5-7-19)10-17(22)8-9-28(14-22)29-21(13-25)15(2)26/h3-7,10,12-13,25H,1,8-9,11,14,24,26H2,2H3/b16-12?,21-15+,25-13?,27-20?. The molecule has 1 saturated heterocycles. The van der Waals surface area contributed by atoms with Crippen LogP contribution in [-0.4, -0.2) is 29.3 Å². The summed E-state index contributed by atoms with van der Waals surface area (Å²) in [5.41, 5.74) is 15.9. The molecular weight excluding hydrogens is 385 g/mol. The molecule has 1 aromatic rings. The molecule has 0 bridgehead atoms. The molecule has 7 heteroatoms. The van der Waals surface area contributed by atoms with Gasteiger partial charge in [0.05, 0.1) is 16.3 Å². The van der Waals surface area contributed by atoms with Gasteiger partial charge in [-0.1, -0.05) is 11.6 Å². The predicted octanol–water partition coefficient (Wildman–Crippen LogP) is 4.44. The van der Waals surface area contributed by atoms with Crippen molar-refractivity contribution < 1.29 is 4.39 Å². The summed E-state index contributed by atoms with van der Waals surface area (Å²) in [4.78, 5) is 5.44. The van der Waals surface area contributed by atoms with Crippen molar-refractivity contribution in [2.24, 2.45) is 21.9 Å². The lowest BCUT2D eigenvalue weighted by Gasteiger charge is -2.45. The first-order chi connectivity index (χ1) is 13.9. The first-order valence-corrected chi connectivity index (χ1v) is 10.2. The van der Waals surface area contributed by atoms with E-state index in [9.17, 15) is 4.39 Å². The number of halogens is 1. The number of piperidine rings is 1. The lowest BCUT2D eigenvalue weighted by atomic mass is 9.67. The molecule has 3 rings (SSSR count). The Morgan fingerprint density at radius 3 is 2.69 bits per heavy atom. The Morgan fingerprint density at radius 2 is 2.10 bits per heavy atom. The zero-order valence-electron chi connectivity index (χ0n) is 16.5. The van der Waals surface area contributed by atoms with Crippen LogP contribution in [0.1, 0.15) is 19.8 Å². The fraction of sp³-hybridized carbons (Fsp3) is 0.273. The smallest absolute Gasteiger partial charge is 0.123 e. The predicted molar refractivity (Wildman–Crippen MR) is 121 cm³/mol. The van der Waals surface area contributed by atoms with E-state index in [1.807, 2.05) is 6.08 Å². The zero-order valence-corrected chi connectivity index (χ0v) is 17.3. The summed E-state index contributed by atoms with van der Waals surface area (Å²) in [6.07, 6.45) is 8.53. The molecule has 0 aromatic heterocycles. The summed E-state index contributed by atoms with van der Waals surface area (Å²) in [5, 5.41) is 7.59. The molecule has 152 valence electrons. The first-order valence-electron chi connectivity index (χ1n) is 9.40. The number of aliphatic imine (C=N–C) groups is 1. The summed E-state index contributed by atoms with van der Waals surface area (Å²) >= 11 is 1.51. The van der Waals surface area contributed by atoms with E-state index in [2.05, 4.69) is 17.0 Å². The van der Waals surface area contributed by atoms with Gasteiger partial charge in [-0.25, -0.2) is 13.7 Å². The van der Waals surface area contributed by atoms with Gasteiger partial charge in [-0.3, -0.25) is 0 Å². The van der Waals surface area contributed by atoms with Crippen LogP contribution in [0.3, 0.4) is 0 Å². The van der Waals surface area contributed by atoms with E-state index in [-0.39, 0.29) is 11.2 Å². The summed E-state index contributed by atoms with van der Waals surface area (Å²) < 4.78 is 15.4.